The van der Waals surface area contributed by atoms with Gasteiger partial charge in [0, 0.05) is 11.9 Å². The lowest BCUT2D eigenvalue weighted by molar-refractivity contribution is 0.251. The zero-order valence-electron chi connectivity index (χ0n) is 11.0. The molecule has 2 N–H and O–H groups in total. The highest BCUT2D eigenvalue weighted by Crippen LogP contribution is 2.06. The molecule has 0 aliphatic carbocycles. The number of hydrogen-bond acceptors (Lipinski definition) is 3. The molecule has 98 valence electrons. The average Bonchev–Trinajstić information content (AvgIpc) is 2.40. The van der Waals surface area contributed by atoms with Crippen LogP contribution in [0.25, 0.3) is 0 Å². The molecular formula is C14H16N4O. The van der Waals surface area contributed by atoms with Gasteiger partial charge in [-0.1, -0.05) is 6.07 Å². The van der Waals surface area contributed by atoms with Crippen LogP contribution in [0.15, 0.2) is 36.7 Å². The number of pyridine rings is 2. The molecule has 0 saturated carbocycles. The number of rotatable bonds is 3. The molecule has 2 aromatic rings. The number of carbonyl (C=O) groups excluding carboxylic acids is 1. The monoisotopic (exact) mass is 256 g/mol. The lowest BCUT2D eigenvalue weighted by atomic mass is 10.2. The number of urea groups is 1. The van der Waals surface area contributed by atoms with Crippen LogP contribution in [0, 0.1) is 13.8 Å². The standard InChI is InChI=1S/C14H16N4O/c1-10-4-3-7-15-13(10)9-17-14(19)18-12-6-5-11(2)16-8-12/h3-8H,9H2,1-2H3,(H2,17,18,19). The van der Waals surface area contributed by atoms with Gasteiger partial charge in [-0.2, -0.15) is 0 Å². The van der Waals surface area contributed by atoms with Crippen LogP contribution in [-0.2, 0) is 6.54 Å². The Balaban J connectivity index is 1.88. The predicted molar refractivity (Wildman–Crippen MR) is 73.8 cm³/mol. The second-order valence-corrected chi connectivity index (χ2v) is 4.26. The Morgan fingerprint density at radius 3 is 2.74 bits per heavy atom. The number of carbonyl (C=O) groups is 1. The van der Waals surface area contributed by atoms with E-state index < -0.39 is 0 Å². The first kappa shape index (κ1) is 13.0. The smallest absolute Gasteiger partial charge is 0.319 e. The first-order valence-electron chi connectivity index (χ1n) is 6.03. The fourth-order valence-corrected chi connectivity index (χ4v) is 1.58. The molecule has 2 heterocycles. The Labute approximate surface area is 112 Å². The number of aryl methyl sites for hydroxylation is 2. The van der Waals surface area contributed by atoms with Crippen molar-refractivity contribution >= 4 is 11.7 Å². The minimum atomic E-state index is -0.268. The van der Waals surface area contributed by atoms with Crippen molar-refractivity contribution in [1.82, 2.24) is 15.3 Å². The molecule has 0 bridgehead atoms. The maximum absolute atomic E-state index is 11.7. The van der Waals surface area contributed by atoms with Crippen molar-refractivity contribution in [3.8, 4) is 0 Å². The van der Waals surface area contributed by atoms with Crippen LogP contribution in [0.4, 0.5) is 10.5 Å². The molecule has 5 nitrogen and oxygen atoms in total. The van der Waals surface area contributed by atoms with E-state index in [-0.39, 0.29) is 6.03 Å². The van der Waals surface area contributed by atoms with Crippen molar-refractivity contribution in [3.05, 3.63) is 53.6 Å². The zero-order chi connectivity index (χ0) is 13.7. The molecule has 0 aliphatic rings. The van der Waals surface area contributed by atoms with Gasteiger partial charge in [0.05, 0.1) is 24.1 Å². The molecule has 2 aromatic heterocycles. The third-order valence-corrected chi connectivity index (χ3v) is 2.70. The predicted octanol–water partition coefficient (Wildman–Crippen LogP) is 2.42. The van der Waals surface area contributed by atoms with Crippen molar-refractivity contribution in [3.63, 3.8) is 0 Å². The van der Waals surface area contributed by atoms with Gasteiger partial charge in [0.2, 0.25) is 0 Å². The van der Waals surface area contributed by atoms with E-state index in [1.165, 1.54) is 0 Å². The summed E-state index contributed by atoms with van der Waals surface area (Å²) in [5.41, 5.74) is 3.50. The highest BCUT2D eigenvalue weighted by Gasteiger charge is 2.04. The van der Waals surface area contributed by atoms with Crippen molar-refractivity contribution in [2.24, 2.45) is 0 Å². The minimum Gasteiger partial charge on any atom is -0.332 e. The summed E-state index contributed by atoms with van der Waals surface area (Å²) in [6.45, 7) is 4.26. The zero-order valence-corrected chi connectivity index (χ0v) is 11.0. The Kier molecular flexibility index (Phi) is 4.07. The maximum atomic E-state index is 11.7. The summed E-state index contributed by atoms with van der Waals surface area (Å²) < 4.78 is 0. The molecule has 0 unspecified atom stereocenters. The highest BCUT2D eigenvalue weighted by atomic mass is 16.2. The summed E-state index contributed by atoms with van der Waals surface area (Å²) in [6.07, 6.45) is 3.34. The van der Waals surface area contributed by atoms with Gasteiger partial charge in [-0.15, -0.1) is 0 Å². The Hall–Kier alpha value is -2.43. The lowest BCUT2D eigenvalue weighted by Gasteiger charge is -2.08. The first-order chi connectivity index (χ1) is 9.15. The fourth-order valence-electron chi connectivity index (χ4n) is 1.58. The van der Waals surface area contributed by atoms with Crippen molar-refractivity contribution in [1.29, 1.82) is 0 Å². The van der Waals surface area contributed by atoms with Crippen LogP contribution in [0.1, 0.15) is 17.0 Å². The van der Waals surface area contributed by atoms with E-state index in [0.717, 1.165) is 17.0 Å². The van der Waals surface area contributed by atoms with Crippen LogP contribution in [0.2, 0.25) is 0 Å². The molecule has 19 heavy (non-hydrogen) atoms. The molecular weight excluding hydrogens is 240 g/mol. The molecule has 2 amide bonds. The molecule has 5 heteroatoms. The van der Waals surface area contributed by atoms with Gasteiger partial charge in [0.25, 0.3) is 0 Å². The number of nitrogens with zero attached hydrogens (tertiary/aromatic N) is 2. The van der Waals surface area contributed by atoms with Crippen LogP contribution in [0.3, 0.4) is 0 Å². The van der Waals surface area contributed by atoms with Crippen molar-refractivity contribution in [2.75, 3.05) is 5.32 Å². The van der Waals surface area contributed by atoms with Gasteiger partial charge in [-0.25, -0.2) is 4.79 Å². The van der Waals surface area contributed by atoms with E-state index in [4.69, 9.17) is 0 Å². The SMILES string of the molecule is Cc1ccc(NC(=O)NCc2ncccc2C)cn1. The van der Waals surface area contributed by atoms with Crippen LogP contribution < -0.4 is 10.6 Å². The average molecular weight is 256 g/mol. The second kappa shape index (κ2) is 5.95. The number of amides is 2. The Bertz CT molecular complexity index is 566. The molecule has 0 saturated heterocycles. The summed E-state index contributed by atoms with van der Waals surface area (Å²) in [4.78, 5) is 20.0. The summed E-state index contributed by atoms with van der Waals surface area (Å²) in [5.74, 6) is 0. The molecule has 0 spiro atoms. The fraction of sp³-hybridized carbons (Fsp3) is 0.214. The van der Waals surface area contributed by atoms with Crippen LogP contribution in [-0.4, -0.2) is 16.0 Å². The van der Waals surface area contributed by atoms with E-state index in [2.05, 4.69) is 20.6 Å². The lowest BCUT2D eigenvalue weighted by Crippen LogP contribution is -2.28. The van der Waals surface area contributed by atoms with Gasteiger partial charge < -0.3 is 10.6 Å². The van der Waals surface area contributed by atoms with Gasteiger partial charge >= 0.3 is 6.03 Å². The maximum Gasteiger partial charge on any atom is 0.319 e. The molecule has 2 rings (SSSR count). The Morgan fingerprint density at radius 2 is 2.05 bits per heavy atom. The van der Waals surface area contributed by atoms with Gasteiger partial charge in [0.15, 0.2) is 0 Å². The number of anilines is 1. The molecule has 0 aromatic carbocycles. The third-order valence-electron chi connectivity index (χ3n) is 2.70. The number of aromatic nitrogens is 2. The summed E-state index contributed by atoms with van der Waals surface area (Å²) >= 11 is 0. The van der Waals surface area contributed by atoms with E-state index in [0.29, 0.717) is 12.2 Å². The number of hydrogen-bond donors (Lipinski definition) is 2. The first-order valence-corrected chi connectivity index (χ1v) is 6.03. The minimum absolute atomic E-state index is 0.268. The van der Waals surface area contributed by atoms with E-state index >= 15 is 0 Å². The topological polar surface area (TPSA) is 66.9 Å². The quantitative estimate of drug-likeness (QED) is 0.886. The van der Waals surface area contributed by atoms with Crippen LogP contribution >= 0.6 is 0 Å². The highest BCUT2D eigenvalue weighted by molar-refractivity contribution is 5.88. The molecule has 0 radical (unpaired) electrons. The van der Waals surface area contributed by atoms with Gasteiger partial charge in [-0.05, 0) is 37.6 Å². The Morgan fingerprint density at radius 1 is 1.21 bits per heavy atom. The molecule has 0 fully saturated rings. The van der Waals surface area contributed by atoms with Crippen LogP contribution in [0.5, 0.6) is 0 Å². The summed E-state index contributed by atoms with van der Waals surface area (Å²) in [7, 11) is 0. The third kappa shape index (κ3) is 3.77. The van der Waals surface area contributed by atoms with Gasteiger partial charge in [0.1, 0.15) is 0 Å². The molecule has 0 atom stereocenters. The largest absolute Gasteiger partial charge is 0.332 e. The normalized spacial score (nSPS) is 10.0. The van der Waals surface area contributed by atoms with E-state index in [1.54, 1.807) is 12.4 Å². The van der Waals surface area contributed by atoms with E-state index in [1.807, 2.05) is 38.1 Å². The molecule has 0 aliphatic heterocycles. The summed E-state index contributed by atoms with van der Waals surface area (Å²) in [5, 5.41) is 5.48. The second-order valence-electron chi connectivity index (χ2n) is 4.26. The summed E-state index contributed by atoms with van der Waals surface area (Å²) in [6, 6.07) is 7.23. The van der Waals surface area contributed by atoms with Crippen molar-refractivity contribution < 1.29 is 4.79 Å². The van der Waals surface area contributed by atoms with E-state index in [9.17, 15) is 4.79 Å². The number of nitrogens with one attached hydrogen (secondary N) is 2. The van der Waals surface area contributed by atoms with Crippen molar-refractivity contribution in [2.45, 2.75) is 20.4 Å². The van der Waals surface area contributed by atoms with Gasteiger partial charge in [-0.3, -0.25) is 9.97 Å².